The fourth-order valence-electron chi connectivity index (χ4n) is 5.95. The number of halogens is 3. The molecule has 1 aliphatic heterocycles. The van der Waals surface area contributed by atoms with Gasteiger partial charge in [-0.2, -0.15) is 13.2 Å². The Hall–Kier alpha value is -3.00. The maximum Gasteiger partial charge on any atom is 0.416 e. The highest BCUT2D eigenvalue weighted by atomic mass is 32.2. The molecule has 1 heterocycles. The molecule has 4 N–H and O–H groups in total. The van der Waals surface area contributed by atoms with Crippen molar-refractivity contribution in [3.05, 3.63) is 83.9 Å². The van der Waals surface area contributed by atoms with Crippen molar-refractivity contribution in [2.75, 3.05) is 32.8 Å². The summed E-state index contributed by atoms with van der Waals surface area (Å²) in [6.07, 6.45) is -6.63. The third kappa shape index (κ3) is 7.57. The van der Waals surface area contributed by atoms with Gasteiger partial charge < -0.3 is 20.1 Å². The number of ether oxygens (including phenoxy) is 1. The summed E-state index contributed by atoms with van der Waals surface area (Å²) in [5.41, 5.74) is -0.0179. The smallest absolute Gasteiger partial charge is 0.416 e. The average Bonchev–Trinajstić information content (AvgIpc) is 3.25. The second-order valence-corrected chi connectivity index (χ2v) is 13.3. The first kappa shape index (κ1) is 31.4. The fraction of sp³-hybridized carbons (Fsp3) is 0.419. The first-order valence-corrected chi connectivity index (χ1v) is 15.6. The van der Waals surface area contributed by atoms with Crippen molar-refractivity contribution in [3.8, 4) is 16.9 Å². The standard InChI is InChI=1S/C31H35F3N2O6S/c32-31(33,34)24-8-4-7-22(13-24)23-9-10-29-28(14-23)42-20-30(15-26(38)27(39)16-30)19-36(12-11-21-5-2-1-3-6-21)18-25(37)17-35-43(29,40)41/h1-10,13-14,25-27,35,37-39H,11-12,15-20H2/t25-,26-,27+,30?/m0/s1. The van der Waals surface area contributed by atoms with Crippen molar-refractivity contribution in [2.24, 2.45) is 5.41 Å². The third-order valence-corrected chi connectivity index (χ3v) is 9.58. The molecule has 0 amide bonds. The van der Waals surface area contributed by atoms with Crippen molar-refractivity contribution in [1.29, 1.82) is 0 Å². The van der Waals surface area contributed by atoms with Crippen molar-refractivity contribution in [3.63, 3.8) is 0 Å². The number of fused-ring (bicyclic) bond motifs is 1. The predicted octanol–water partition coefficient (Wildman–Crippen LogP) is 3.45. The van der Waals surface area contributed by atoms with E-state index in [0.717, 1.165) is 17.7 Å². The Morgan fingerprint density at radius 2 is 1.63 bits per heavy atom. The molecule has 1 spiro atoms. The minimum absolute atomic E-state index is 0.0758. The van der Waals surface area contributed by atoms with Crippen molar-refractivity contribution < 1.29 is 41.6 Å². The van der Waals surface area contributed by atoms with E-state index in [-0.39, 0.29) is 48.7 Å². The van der Waals surface area contributed by atoms with E-state index in [4.69, 9.17) is 4.74 Å². The maximum atomic E-state index is 13.4. The molecule has 8 nitrogen and oxygen atoms in total. The predicted molar refractivity (Wildman–Crippen MR) is 154 cm³/mol. The lowest BCUT2D eigenvalue weighted by Crippen LogP contribution is -2.47. The fourth-order valence-corrected chi connectivity index (χ4v) is 7.15. The normalized spacial score (nSPS) is 26.7. The first-order valence-electron chi connectivity index (χ1n) is 14.1. The summed E-state index contributed by atoms with van der Waals surface area (Å²) in [7, 11) is -4.19. The number of benzene rings is 3. The van der Waals surface area contributed by atoms with Crippen LogP contribution in [0.1, 0.15) is 24.0 Å². The molecule has 1 saturated carbocycles. The van der Waals surface area contributed by atoms with Crippen LogP contribution in [-0.2, 0) is 22.6 Å². The molecule has 2 aliphatic rings. The summed E-state index contributed by atoms with van der Waals surface area (Å²) < 4.78 is 75.5. The van der Waals surface area contributed by atoms with Crippen LogP contribution < -0.4 is 9.46 Å². The number of β-amino-alcohol motifs (C(OH)–C–C–N with tert-alkyl or cyclic N) is 1. The van der Waals surface area contributed by atoms with Crippen LogP contribution in [0.25, 0.3) is 11.1 Å². The summed E-state index contributed by atoms with van der Waals surface area (Å²) in [6.45, 7) is 0.661. The van der Waals surface area contributed by atoms with Crippen molar-refractivity contribution in [1.82, 2.24) is 9.62 Å². The Balaban J connectivity index is 1.50. The van der Waals surface area contributed by atoms with E-state index in [1.165, 1.54) is 30.3 Å². The summed E-state index contributed by atoms with van der Waals surface area (Å²) in [5.74, 6) is -0.0800. The lowest BCUT2D eigenvalue weighted by atomic mass is 9.85. The topological polar surface area (TPSA) is 119 Å². The highest BCUT2D eigenvalue weighted by molar-refractivity contribution is 7.89. The minimum Gasteiger partial charge on any atom is -0.492 e. The Kier molecular flexibility index (Phi) is 9.17. The van der Waals surface area contributed by atoms with Gasteiger partial charge >= 0.3 is 6.18 Å². The molecule has 43 heavy (non-hydrogen) atoms. The second kappa shape index (κ2) is 12.5. The number of hydrogen-bond acceptors (Lipinski definition) is 7. The number of hydrogen-bond donors (Lipinski definition) is 4. The number of nitrogens with one attached hydrogen (secondary N) is 1. The summed E-state index contributed by atoms with van der Waals surface area (Å²) in [4.78, 5) is 1.76. The average molecular weight is 621 g/mol. The molecule has 0 radical (unpaired) electrons. The van der Waals surface area contributed by atoms with E-state index in [1.54, 1.807) is 0 Å². The lowest BCUT2D eigenvalue weighted by molar-refractivity contribution is -0.137. The molecule has 12 heteroatoms. The number of rotatable bonds is 4. The van der Waals surface area contributed by atoms with Gasteiger partial charge in [-0.05, 0) is 60.2 Å². The van der Waals surface area contributed by atoms with Crippen molar-refractivity contribution in [2.45, 2.75) is 48.6 Å². The van der Waals surface area contributed by atoms with Crippen LogP contribution in [0.15, 0.2) is 77.7 Å². The molecule has 1 unspecified atom stereocenters. The highest BCUT2D eigenvalue weighted by Crippen LogP contribution is 2.42. The Morgan fingerprint density at radius 3 is 2.33 bits per heavy atom. The van der Waals surface area contributed by atoms with Gasteiger partial charge in [0.1, 0.15) is 10.6 Å². The maximum absolute atomic E-state index is 13.4. The number of nitrogens with zero attached hydrogens (tertiary/aromatic N) is 1. The van der Waals surface area contributed by atoms with E-state index in [1.807, 2.05) is 35.2 Å². The van der Waals surface area contributed by atoms with Gasteiger partial charge in [-0.25, -0.2) is 13.1 Å². The SMILES string of the molecule is O=S1(=O)NC[C@H](O)CN(CCc2ccccc2)CC2(COc3cc(-c4cccc(C(F)(F)F)c4)ccc31)C[C@@H](O)[C@@H](O)C2. The third-order valence-electron chi connectivity index (χ3n) is 8.12. The molecule has 3 aromatic rings. The first-order chi connectivity index (χ1) is 20.3. The van der Waals surface area contributed by atoms with Gasteiger partial charge in [0.25, 0.3) is 0 Å². The van der Waals surface area contributed by atoms with E-state index in [9.17, 15) is 36.9 Å². The van der Waals surface area contributed by atoms with E-state index in [0.29, 0.717) is 25.1 Å². The Morgan fingerprint density at radius 1 is 0.930 bits per heavy atom. The van der Waals surface area contributed by atoms with Crippen LogP contribution >= 0.6 is 0 Å². The summed E-state index contributed by atoms with van der Waals surface area (Å²) in [6, 6.07) is 18.5. The molecule has 1 fully saturated rings. The second-order valence-electron chi connectivity index (χ2n) is 11.5. The van der Waals surface area contributed by atoms with E-state index in [2.05, 4.69) is 4.72 Å². The van der Waals surface area contributed by atoms with Gasteiger partial charge in [-0.15, -0.1) is 0 Å². The van der Waals surface area contributed by atoms with Crippen LogP contribution in [-0.4, -0.2) is 79.7 Å². The molecule has 232 valence electrons. The molecule has 0 saturated heterocycles. The summed E-state index contributed by atoms with van der Waals surface area (Å²) in [5, 5.41) is 32.0. The zero-order valence-corrected chi connectivity index (χ0v) is 24.2. The van der Waals surface area contributed by atoms with Gasteiger partial charge in [-0.1, -0.05) is 48.5 Å². The highest BCUT2D eigenvalue weighted by Gasteiger charge is 2.46. The number of alkyl halides is 3. The molecule has 1 aliphatic carbocycles. The van der Waals surface area contributed by atoms with Crippen LogP contribution in [0.4, 0.5) is 13.2 Å². The zero-order valence-electron chi connectivity index (χ0n) is 23.4. The van der Waals surface area contributed by atoms with Gasteiger partial charge in [0.2, 0.25) is 10.0 Å². The van der Waals surface area contributed by atoms with Crippen LogP contribution in [0, 0.1) is 5.41 Å². The molecule has 4 atom stereocenters. The van der Waals surface area contributed by atoms with Gasteiger partial charge in [0.05, 0.1) is 30.5 Å². The monoisotopic (exact) mass is 620 g/mol. The molecular formula is C31H35F3N2O6S. The Labute approximate surface area is 248 Å². The van der Waals surface area contributed by atoms with Crippen molar-refractivity contribution >= 4 is 10.0 Å². The molecular weight excluding hydrogens is 585 g/mol. The van der Waals surface area contributed by atoms with E-state index < -0.39 is 45.5 Å². The number of sulfonamides is 1. The van der Waals surface area contributed by atoms with Gasteiger partial charge in [-0.3, -0.25) is 4.90 Å². The molecule has 0 aromatic heterocycles. The summed E-state index contributed by atoms with van der Waals surface area (Å²) >= 11 is 0. The minimum atomic E-state index is -4.56. The lowest BCUT2D eigenvalue weighted by Gasteiger charge is -2.37. The zero-order chi connectivity index (χ0) is 30.8. The van der Waals surface area contributed by atoms with Crippen LogP contribution in [0.2, 0.25) is 0 Å². The molecule has 0 bridgehead atoms. The largest absolute Gasteiger partial charge is 0.492 e. The van der Waals surface area contributed by atoms with Gasteiger partial charge in [0.15, 0.2) is 0 Å². The van der Waals surface area contributed by atoms with Gasteiger partial charge in [0, 0.05) is 31.6 Å². The Bertz CT molecular complexity index is 1510. The number of aliphatic hydroxyl groups excluding tert-OH is 3. The van der Waals surface area contributed by atoms with Crippen LogP contribution in [0.3, 0.4) is 0 Å². The quantitative estimate of drug-likeness (QED) is 0.353. The van der Waals surface area contributed by atoms with E-state index >= 15 is 0 Å². The van der Waals surface area contributed by atoms with Crippen LogP contribution in [0.5, 0.6) is 5.75 Å². The number of aliphatic hydroxyl groups is 3. The molecule has 5 rings (SSSR count). The molecule has 3 aromatic carbocycles.